The van der Waals surface area contributed by atoms with E-state index in [2.05, 4.69) is 203 Å². The molecule has 1 unspecified atom stereocenters. The molecule has 12 rings (SSSR count). The summed E-state index contributed by atoms with van der Waals surface area (Å²) in [7, 11) is 0. The molecule has 5 heteroatoms. The van der Waals surface area contributed by atoms with Gasteiger partial charge in [0, 0.05) is 43.7 Å². The van der Waals surface area contributed by atoms with Crippen molar-refractivity contribution in [1.29, 1.82) is 0 Å². The number of benzene rings is 9. The van der Waals surface area contributed by atoms with E-state index in [9.17, 15) is 0 Å². The number of fused-ring (bicyclic) bond motifs is 10. The van der Waals surface area contributed by atoms with Crippen molar-refractivity contribution in [3.05, 3.63) is 217 Å². The van der Waals surface area contributed by atoms with Crippen LogP contribution in [-0.4, -0.2) is 20.8 Å². The fraction of sp³-hybridized carbons (Fsp3) is 0.0189. The van der Waals surface area contributed by atoms with Crippen LogP contribution < -0.4 is 5.32 Å². The molecule has 0 amide bonds. The maximum absolute atomic E-state index is 5.29. The molecule has 1 N–H and O–H groups in total. The fourth-order valence-electron chi connectivity index (χ4n) is 9.23. The third-order valence-corrected chi connectivity index (χ3v) is 11.8. The van der Waals surface area contributed by atoms with Crippen molar-refractivity contribution in [2.75, 3.05) is 0 Å². The molecule has 0 aliphatic carbocycles. The molecule has 9 aromatic carbocycles. The van der Waals surface area contributed by atoms with E-state index in [-0.39, 0.29) is 6.17 Å². The third-order valence-electron chi connectivity index (χ3n) is 11.8. The van der Waals surface area contributed by atoms with Gasteiger partial charge in [0.05, 0.1) is 27.8 Å². The van der Waals surface area contributed by atoms with Gasteiger partial charge >= 0.3 is 0 Å². The maximum atomic E-state index is 5.29. The van der Waals surface area contributed by atoms with Gasteiger partial charge in [-0.25, -0.2) is 9.98 Å². The molecule has 1 atom stereocenters. The highest BCUT2D eigenvalue weighted by molar-refractivity contribution is 6.30. The Labute approximate surface area is 334 Å². The first-order chi connectivity index (χ1) is 28.8. The molecule has 0 radical (unpaired) electrons. The Hall–Kier alpha value is -7.76. The summed E-state index contributed by atoms with van der Waals surface area (Å²) in [5, 5.41) is 13.3. The first kappa shape index (κ1) is 32.5. The van der Waals surface area contributed by atoms with Crippen molar-refractivity contribution in [3.63, 3.8) is 0 Å². The molecule has 58 heavy (non-hydrogen) atoms. The number of rotatable bonds is 5. The number of para-hydroxylation sites is 2. The zero-order valence-corrected chi connectivity index (χ0v) is 31.4. The summed E-state index contributed by atoms with van der Waals surface area (Å²) in [6, 6.07) is 71.5. The quantitative estimate of drug-likeness (QED) is 0.188. The highest BCUT2D eigenvalue weighted by atomic mass is 15.2. The number of hydrogen-bond donors (Lipinski definition) is 1. The first-order valence-electron chi connectivity index (χ1n) is 19.8. The van der Waals surface area contributed by atoms with Crippen molar-refractivity contribution in [2.24, 2.45) is 9.98 Å². The van der Waals surface area contributed by atoms with E-state index in [1.54, 1.807) is 0 Å². The predicted octanol–water partition coefficient (Wildman–Crippen LogP) is 12.7. The van der Waals surface area contributed by atoms with E-state index in [4.69, 9.17) is 9.98 Å². The summed E-state index contributed by atoms with van der Waals surface area (Å²) in [4.78, 5) is 10.5. The first-order valence-corrected chi connectivity index (χ1v) is 19.8. The average molecular weight is 742 g/mol. The van der Waals surface area contributed by atoms with Gasteiger partial charge < -0.3 is 14.5 Å². The van der Waals surface area contributed by atoms with E-state index < -0.39 is 0 Å². The second kappa shape index (κ2) is 12.9. The lowest BCUT2D eigenvalue weighted by Gasteiger charge is -2.24. The van der Waals surface area contributed by atoms with Gasteiger partial charge in [-0.15, -0.1) is 0 Å². The van der Waals surface area contributed by atoms with Gasteiger partial charge in [-0.2, -0.15) is 0 Å². The fourth-order valence-corrected chi connectivity index (χ4v) is 9.23. The van der Waals surface area contributed by atoms with E-state index in [0.717, 1.165) is 44.7 Å². The highest BCUT2D eigenvalue weighted by Crippen LogP contribution is 2.45. The van der Waals surface area contributed by atoms with Crippen LogP contribution in [0.2, 0.25) is 0 Å². The van der Waals surface area contributed by atoms with E-state index in [1.165, 1.54) is 54.4 Å². The van der Waals surface area contributed by atoms with Crippen molar-refractivity contribution in [3.8, 4) is 11.4 Å². The second-order valence-corrected chi connectivity index (χ2v) is 15.0. The molecule has 0 fully saturated rings. The average Bonchev–Trinajstić information content (AvgIpc) is 3.82. The van der Waals surface area contributed by atoms with Crippen LogP contribution in [0, 0.1) is 0 Å². The molecule has 272 valence electrons. The Morgan fingerprint density at radius 3 is 1.93 bits per heavy atom. The number of nitrogens with zero attached hydrogens (tertiary/aromatic N) is 4. The minimum atomic E-state index is -0.289. The molecule has 3 heterocycles. The summed E-state index contributed by atoms with van der Waals surface area (Å²) in [6.45, 7) is 0. The molecule has 0 saturated heterocycles. The monoisotopic (exact) mass is 741 g/mol. The molecule has 2 aromatic heterocycles. The van der Waals surface area contributed by atoms with Crippen LogP contribution in [0.1, 0.15) is 22.9 Å². The number of aliphatic imine (C=N–C) groups is 2. The molecule has 0 spiro atoms. The second-order valence-electron chi connectivity index (χ2n) is 15.0. The summed E-state index contributed by atoms with van der Waals surface area (Å²) < 4.78 is 4.93. The number of aromatic nitrogens is 2. The van der Waals surface area contributed by atoms with Gasteiger partial charge in [-0.1, -0.05) is 164 Å². The van der Waals surface area contributed by atoms with Crippen molar-refractivity contribution in [2.45, 2.75) is 6.17 Å². The summed E-state index contributed by atoms with van der Waals surface area (Å²) in [6.07, 6.45) is -0.289. The minimum Gasteiger partial charge on any atom is -0.344 e. The van der Waals surface area contributed by atoms with Gasteiger partial charge in [0.1, 0.15) is 12.0 Å². The Balaban J connectivity index is 1.17. The molecule has 1 aliphatic rings. The van der Waals surface area contributed by atoms with Gasteiger partial charge in [0.25, 0.3) is 0 Å². The van der Waals surface area contributed by atoms with Crippen LogP contribution in [0.25, 0.3) is 76.5 Å². The van der Waals surface area contributed by atoms with Crippen molar-refractivity contribution >= 4 is 76.8 Å². The molecular weight excluding hydrogens is 707 g/mol. The normalized spacial score (nSPS) is 14.4. The van der Waals surface area contributed by atoms with E-state index in [0.29, 0.717) is 5.84 Å². The van der Waals surface area contributed by atoms with Gasteiger partial charge in [0.15, 0.2) is 5.84 Å². The number of amidine groups is 2. The summed E-state index contributed by atoms with van der Waals surface area (Å²) >= 11 is 0. The topological polar surface area (TPSA) is 46.6 Å². The van der Waals surface area contributed by atoms with Gasteiger partial charge in [-0.05, 0) is 58.1 Å². The highest BCUT2D eigenvalue weighted by Gasteiger charge is 2.25. The molecule has 11 aromatic rings. The molecular formula is C53H35N5. The van der Waals surface area contributed by atoms with Crippen LogP contribution in [0.5, 0.6) is 0 Å². The van der Waals surface area contributed by atoms with Crippen LogP contribution >= 0.6 is 0 Å². The standard InChI is InChI=1S/C53H35N5/c1-4-17-35(18-5-1)51-54-52(36-19-6-2-7-20-36)56-53(55-51)41-27-14-26-40-39(41)25-15-29-44(40)58-46-32-30-34-16-10-11-23-38(34)48(46)43-31-33-47-49(50(43)58)42-24-12-13-28-45(42)57(47)37-21-8-3-9-22-37/h1-33,51H,(H,54,55,56). The van der Waals surface area contributed by atoms with Crippen LogP contribution in [0.3, 0.4) is 0 Å². The lowest BCUT2D eigenvalue weighted by atomic mass is 10.0. The zero-order chi connectivity index (χ0) is 38.2. The number of nitrogens with one attached hydrogen (secondary N) is 1. The Morgan fingerprint density at radius 2 is 1.09 bits per heavy atom. The van der Waals surface area contributed by atoms with E-state index in [1.807, 2.05) is 12.1 Å². The largest absolute Gasteiger partial charge is 0.344 e. The number of hydrogen-bond acceptors (Lipinski definition) is 3. The maximum Gasteiger partial charge on any atom is 0.160 e. The minimum absolute atomic E-state index is 0.289. The molecule has 5 nitrogen and oxygen atoms in total. The van der Waals surface area contributed by atoms with Crippen LogP contribution in [0.4, 0.5) is 0 Å². The van der Waals surface area contributed by atoms with Gasteiger partial charge in [0.2, 0.25) is 0 Å². The van der Waals surface area contributed by atoms with E-state index >= 15 is 0 Å². The van der Waals surface area contributed by atoms with Gasteiger partial charge in [-0.3, -0.25) is 0 Å². The Kier molecular flexibility index (Phi) is 7.23. The lowest BCUT2D eigenvalue weighted by molar-refractivity contribution is 0.674. The smallest absolute Gasteiger partial charge is 0.160 e. The lowest BCUT2D eigenvalue weighted by Crippen LogP contribution is -2.33. The molecule has 0 bridgehead atoms. The summed E-state index contributed by atoms with van der Waals surface area (Å²) in [5.41, 5.74) is 10.1. The Bertz CT molecular complexity index is 3470. The van der Waals surface area contributed by atoms with Crippen molar-refractivity contribution in [1.82, 2.24) is 14.5 Å². The van der Waals surface area contributed by atoms with Crippen molar-refractivity contribution < 1.29 is 0 Å². The third kappa shape index (κ3) is 4.90. The van der Waals surface area contributed by atoms with Crippen LogP contribution in [-0.2, 0) is 0 Å². The predicted molar refractivity (Wildman–Crippen MR) is 242 cm³/mol. The van der Waals surface area contributed by atoms with Crippen LogP contribution in [0.15, 0.2) is 210 Å². The SMILES string of the molecule is c1ccc(C2=NC(c3cccc4c(-n5c6ccc7ccccc7c6c6ccc7c(c8ccccc8n7-c7ccccc7)c65)cccc34)=NC(c3ccccc3)N2)cc1. The zero-order valence-electron chi connectivity index (χ0n) is 31.4. The summed E-state index contributed by atoms with van der Waals surface area (Å²) in [5.74, 6) is 1.51. The molecule has 0 saturated carbocycles. The Morgan fingerprint density at radius 1 is 0.431 bits per heavy atom. The molecule has 1 aliphatic heterocycles.